The fourth-order valence-electron chi connectivity index (χ4n) is 4.24. The molecule has 1 N–H and O–H groups in total. The zero-order valence-electron chi connectivity index (χ0n) is 21.8. The summed E-state index contributed by atoms with van der Waals surface area (Å²) in [6.07, 6.45) is 3.37. The zero-order chi connectivity index (χ0) is 27.7. The van der Waals surface area contributed by atoms with Gasteiger partial charge in [-0.3, -0.25) is 23.8 Å². The summed E-state index contributed by atoms with van der Waals surface area (Å²) >= 11 is 7.69. The van der Waals surface area contributed by atoms with Crippen molar-refractivity contribution in [1.29, 1.82) is 0 Å². The quantitative estimate of drug-likeness (QED) is 0.275. The van der Waals surface area contributed by atoms with E-state index in [1.54, 1.807) is 38.0 Å². The Labute approximate surface area is 234 Å². The summed E-state index contributed by atoms with van der Waals surface area (Å²) in [7, 11) is 1.79. The highest BCUT2D eigenvalue weighted by molar-refractivity contribution is 8.00. The number of thioether (sulfide) groups is 1. The lowest BCUT2D eigenvalue weighted by Gasteiger charge is -2.16. The van der Waals surface area contributed by atoms with Crippen LogP contribution in [-0.2, 0) is 11.8 Å². The van der Waals surface area contributed by atoms with Gasteiger partial charge in [0, 0.05) is 30.0 Å². The van der Waals surface area contributed by atoms with Gasteiger partial charge in [-0.25, -0.2) is 4.68 Å². The third-order valence-corrected chi connectivity index (χ3v) is 7.96. The van der Waals surface area contributed by atoms with E-state index in [0.29, 0.717) is 27.4 Å². The molecule has 1 atom stereocenters. The van der Waals surface area contributed by atoms with E-state index in [0.717, 1.165) is 16.8 Å². The highest BCUT2D eigenvalue weighted by Crippen LogP contribution is 2.33. The molecule has 0 aliphatic heterocycles. The van der Waals surface area contributed by atoms with E-state index in [2.05, 4.69) is 20.5 Å². The van der Waals surface area contributed by atoms with Crippen LogP contribution in [0.4, 0.5) is 5.69 Å². The largest absolute Gasteiger partial charge is 0.319 e. The maximum absolute atomic E-state index is 13.3. The van der Waals surface area contributed by atoms with E-state index < -0.39 is 5.25 Å². The fraction of sp³-hybridized carbons (Fsp3) is 0.179. The number of amides is 1. The highest BCUT2D eigenvalue weighted by atomic mass is 35.5. The minimum absolute atomic E-state index is 0.239. The minimum atomic E-state index is -0.595. The third-order valence-electron chi connectivity index (χ3n) is 6.51. The summed E-state index contributed by atoms with van der Waals surface area (Å²) in [6, 6.07) is 18.6. The second-order valence-corrected chi connectivity index (χ2v) is 10.7. The van der Waals surface area contributed by atoms with Crippen molar-refractivity contribution in [3.8, 4) is 22.8 Å². The number of rotatable bonds is 7. The van der Waals surface area contributed by atoms with Crippen LogP contribution < -0.4 is 10.9 Å². The minimum Gasteiger partial charge on any atom is -0.319 e. The van der Waals surface area contributed by atoms with Crippen LogP contribution in [0.15, 0.2) is 83.0 Å². The first-order valence-corrected chi connectivity index (χ1v) is 13.5. The van der Waals surface area contributed by atoms with Gasteiger partial charge in [0.2, 0.25) is 5.91 Å². The van der Waals surface area contributed by atoms with Crippen molar-refractivity contribution in [3.05, 3.63) is 99.7 Å². The SMILES string of the molecule is Cc1c(Cl)cccc1-n1c(S[C@@H](C)C(=O)Nc2c(C)n(C)n(-c3ccccc3)c2=O)nnc1-c1ccncc1. The lowest BCUT2D eigenvalue weighted by molar-refractivity contribution is -0.115. The van der Waals surface area contributed by atoms with Crippen LogP contribution in [0, 0.1) is 13.8 Å². The molecule has 0 radical (unpaired) electrons. The molecule has 5 aromatic rings. The number of nitrogens with zero attached hydrogens (tertiary/aromatic N) is 6. The molecule has 39 heavy (non-hydrogen) atoms. The number of aromatic nitrogens is 6. The average Bonchev–Trinajstić information content (AvgIpc) is 3.45. The molecule has 11 heteroatoms. The van der Waals surface area contributed by atoms with Crippen LogP contribution in [0.1, 0.15) is 18.2 Å². The van der Waals surface area contributed by atoms with Crippen molar-refractivity contribution in [2.75, 3.05) is 5.32 Å². The molecular formula is C28H26ClN7O2S. The molecule has 0 saturated heterocycles. The normalized spacial score (nSPS) is 11.9. The number of nitrogens with one attached hydrogen (secondary N) is 1. The van der Waals surface area contributed by atoms with Crippen LogP contribution in [0.3, 0.4) is 0 Å². The summed E-state index contributed by atoms with van der Waals surface area (Å²) < 4.78 is 5.15. The number of halogens is 1. The van der Waals surface area contributed by atoms with Crippen molar-refractivity contribution in [3.63, 3.8) is 0 Å². The van der Waals surface area contributed by atoms with Gasteiger partial charge in [-0.05, 0) is 62.7 Å². The van der Waals surface area contributed by atoms with Crippen LogP contribution in [-0.4, -0.2) is 40.3 Å². The number of anilines is 1. The summed E-state index contributed by atoms with van der Waals surface area (Å²) in [4.78, 5) is 30.7. The zero-order valence-corrected chi connectivity index (χ0v) is 23.4. The molecule has 0 fully saturated rings. The van der Waals surface area contributed by atoms with Gasteiger partial charge in [-0.15, -0.1) is 10.2 Å². The van der Waals surface area contributed by atoms with E-state index >= 15 is 0 Å². The first-order valence-electron chi connectivity index (χ1n) is 12.2. The predicted octanol–water partition coefficient (Wildman–Crippen LogP) is 5.21. The van der Waals surface area contributed by atoms with Crippen molar-refractivity contribution in [2.24, 2.45) is 7.05 Å². The topological polar surface area (TPSA) is 99.6 Å². The van der Waals surface area contributed by atoms with Crippen molar-refractivity contribution < 1.29 is 4.79 Å². The van der Waals surface area contributed by atoms with Crippen LogP contribution in [0.25, 0.3) is 22.8 Å². The van der Waals surface area contributed by atoms with Gasteiger partial charge < -0.3 is 5.32 Å². The molecule has 0 spiro atoms. The molecular weight excluding hydrogens is 534 g/mol. The Balaban J connectivity index is 1.47. The number of carbonyl (C=O) groups is 1. The Morgan fingerprint density at radius 3 is 2.44 bits per heavy atom. The molecule has 5 rings (SSSR count). The molecule has 9 nitrogen and oxygen atoms in total. The standard InChI is InChI=1S/C28H26ClN7O2S/c1-17-22(29)11-8-12-23(17)35-25(20-13-15-30-16-14-20)32-33-28(35)39-19(3)26(37)31-24-18(2)34(4)36(27(24)38)21-9-6-5-7-10-21/h5-16,19H,1-4H3,(H,31,37)/t19-/m0/s1. The van der Waals surface area contributed by atoms with Gasteiger partial charge in [0.15, 0.2) is 11.0 Å². The lowest BCUT2D eigenvalue weighted by Crippen LogP contribution is -2.27. The van der Waals surface area contributed by atoms with E-state index in [4.69, 9.17) is 11.6 Å². The maximum Gasteiger partial charge on any atom is 0.295 e. The van der Waals surface area contributed by atoms with E-state index in [-0.39, 0.29) is 17.2 Å². The number of hydrogen-bond donors (Lipinski definition) is 1. The summed E-state index contributed by atoms with van der Waals surface area (Å²) in [6.45, 7) is 5.49. The van der Waals surface area contributed by atoms with E-state index in [1.165, 1.54) is 16.4 Å². The van der Waals surface area contributed by atoms with E-state index in [1.807, 2.05) is 72.2 Å². The Morgan fingerprint density at radius 1 is 1.00 bits per heavy atom. The van der Waals surface area contributed by atoms with Gasteiger partial charge in [-0.2, -0.15) is 0 Å². The van der Waals surface area contributed by atoms with Gasteiger partial charge in [0.25, 0.3) is 5.56 Å². The Morgan fingerprint density at radius 2 is 1.72 bits per heavy atom. The summed E-state index contributed by atoms with van der Waals surface area (Å²) in [5.41, 5.74) is 3.78. The molecule has 0 saturated carbocycles. The molecule has 198 valence electrons. The molecule has 0 bridgehead atoms. The van der Waals surface area contributed by atoms with Gasteiger partial charge in [0.05, 0.1) is 22.3 Å². The molecule has 3 aromatic heterocycles. The first-order chi connectivity index (χ1) is 18.8. The Bertz CT molecular complexity index is 1710. The molecule has 3 heterocycles. The Kier molecular flexibility index (Phi) is 7.40. The second kappa shape index (κ2) is 10.9. The van der Waals surface area contributed by atoms with Crippen molar-refractivity contribution >= 4 is 35.0 Å². The van der Waals surface area contributed by atoms with Gasteiger partial charge in [-0.1, -0.05) is 47.6 Å². The third kappa shape index (κ3) is 5.00. The second-order valence-electron chi connectivity index (χ2n) is 8.95. The van der Waals surface area contributed by atoms with Crippen LogP contribution in [0.2, 0.25) is 5.02 Å². The lowest BCUT2D eigenvalue weighted by atomic mass is 10.2. The number of carbonyl (C=O) groups excluding carboxylic acids is 1. The maximum atomic E-state index is 13.3. The Hall–Kier alpha value is -4.15. The van der Waals surface area contributed by atoms with Gasteiger partial charge in [0.1, 0.15) is 5.69 Å². The molecule has 0 aliphatic rings. The fourth-order valence-corrected chi connectivity index (χ4v) is 5.27. The highest BCUT2D eigenvalue weighted by Gasteiger charge is 2.25. The smallest absolute Gasteiger partial charge is 0.295 e. The molecule has 1 amide bonds. The number of hydrogen-bond acceptors (Lipinski definition) is 6. The van der Waals surface area contributed by atoms with Crippen molar-refractivity contribution in [2.45, 2.75) is 31.2 Å². The molecule has 0 aliphatic carbocycles. The number of pyridine rings is 1. The molecule has 2 aromatic carbocycles. The van der Waals surface area contributed by atoms with E-state index in [9.17, 15) is 9.59 Å². The first kappa shape index (κ1) is 26.5. The number of para-hydroxylation sites is 1. The average molecular weight is 560 g/mol. The van der Waals surface area contributed by atoms with Gasteiger partial charge >= 0.3 is 0 Å². The van der Waals surface area contributed by atoms with Crippen molar-refractivity contribution in [1.82, 2.24) is 29.1 Å². The van der Waals surface area contributed by atoms with Crippen LogP contribution >= 0.6 is 23.4 Å². The number of benzene rings is 2. The molecule has 0 unspecified atom stereocenters. The summed E-state index contributed by atoms with van der Waals surface area (Å²) in [5.74, 6) is 0.274. The summed E-state index contributed by atoms with van der Waals surface area (Å²) in [5, 5.41) is 12.2. The monoisotopic (exact) mass is 559 g/mol. The predicted molar refractivity (Wildman–Crippen MR) is 154 cm³/mol. The van der Waals surface area contributed by atoms with Crippen LogP contribution in [0.5, 0.6) is 0 Å².